The number of benzene rings is 2. The lowest BCUT2D eigenvalue weighted by molar-refractivity contribution is 0.393. The van der Waals surface area contributed by atoms with Crippen LogP contribution >= 0.6 is 0 Å². The van der Waals surface area contributed by atoms with Crippen LogP contribution in [0.25, 0.3) is 22.2 Å². The maximum absolute atomic E-state index is 6.00. The molecule has 26 heavy (non-hydrogen) atoms. The molecule has 5 heteroatoms. The van der Waals surface area contributed by atoms with Gasteiger partial charge in [0.25, 0.3) is 0 Å². The Morgan fingerprint density at radius 1 is 1.12 bits per heavy atom. The van der Waals surface area contributed by atoms with Gasteiger partial charge in [0, 0.05) is 11.5 Å². The second kappa shape index (κ2) is 6.02. The van der Waals surface area contributed by atoms with Crippen LogP contribution < -0.4 is 5.73 Å². The molecule has 132 valence electrons. The van der Waals surface area contributed by atoms with E-state index in [0.29, 0.717) is 5.95 Å². The number of nitrogen functional groups attached to an aromatic ring is 1. The molecule has 0 fully saturated rings. The van der Waals surface area contributed by atoms with E-state index in [1.807, 2.05) is 19.9 Å². The van der Waals surface area contributed by atoms with E-state index in [-0.39, 0.29) is 5.92 Å². The van der Waals surface area contributed by atoms with Crippen molar-refractivity contribution in [2.24, 2.45) is 0 Å². The maximum atomic E-state index is 6.00. The number of nitrogens with two attached hydrogens (primary N) is 1. The lowest BCUT2D eigenvalue weighted by Gasteiger charge is -2.17. The first-order valence-electron chi connectivity index (χ1n) is 8.74. The van der Waals surface area contributed by atoms with Crippen molar-refractivity contribution in [3.8, 4) is 11.1 Å². The Morgan fingerprint density at radius 2 is 1.85 bits per heavy atom. The smallest absolute Gasteiger partial charge is 0.198 e. The molecule has 2 heterocycles. The van der Waals surface area contributed by atoms with E-state index < -0.39 is 0 Å². The van der Waals surface area contributed by atoms with E-state index in [0.717, 1.165) is 44.7 Å². The van der Waals surface area contributed by atoms with Gasteiger partial charge in [-0.3, -0.25) is 0 Å². The van der Waals surface area contributed by atoms with Crippen molar-refractivity contribution < 1.29 is 4.52 Å². The SMILES string of the molecule is Cc1noc(C)c1-c1cc([C@@H](C)c2ccccc2)c2nc(N)[nH]c2c1C. The van der Waals surface area contributed by atoms with Crippen LogP contribution in [0.5, 0.6) is 0 Å². The summed E-state index contributed by atoms with van der Waals surface area (Å²) in [7, 11) is 0. The van der Waals surface area contributed by atoms with Gasteiger partial charge < -0.3 is 15.2 Å². The summed E-state index contributed by atoms with van der Waals surface area (Å²) in [4.78, 5) is 7.80. The number of aromatic nitrogens is 3. The molecule has 0 radical (unpaired) electrons. The Labute approximate surface area is 152 Å². The molecule has 5 nitrogen and oxygen atoms in total. The van der Waals surface area contributed by atoms with E-state index in [1.54, 1.807) is 0 Å². The van der Waals surface area contributed by atoms with Crippen molar-refractivity contribution in [1.29, 1.82) is 0 Å². The summed E-state index contributed by atoms with van der Waals surface area (Å²) in [5.41, 5.74) is 14.4. The first kappa shape index (κ1) is 16.4. The van der Waals surface area contributed by atoms with E-state index in [1.165, 1.54) is 5.56 Å². The molecule has 2 aromatic carbocycles. The first-order valence-corrected chi connectivity index (χ1v) is 8.74. The summed E-state index contributed by atoms with van der Waals surface area (Å²) >= 11 is 0. The molecule has 0 saturated carbocycles. The van der Waals surface area contributed by atoms with Crippen LogP contribution in [0, 0.1) is 20.8 Å². The van der Waals surface area contributed by atoms with Crippen LogP contribution in [0.4, 0.5) is 5.95 Å². The number of nitrogens with one attached hydrogen (secondary N) is 1. The number of hydrogen-bond acceptors (Lipinski definition) is 4. The number of nitrogens with zero attached hydrogens (tertiary/aromatic N) is 2. The Kier molecular flexibility index (Phi) is 3.80. The monoisotopic (exact) mass is 346 g/mol. The Balaban J connectivity index is 2.02. The van der Waals surface area contributed by atoms with E-state index in [4.69, 9.17) is 10.3 Å². The van der Waals surface area contributed by atoms with Crippen molar-refractivity contribution in [2.45, 2.75) is 33.6 Å². The first-order chi connectivity index (χ1) is 12.5. The standard InChI is InChI=1S/C21H22N4O/c1-11(15-8-6-5-7-9-15)17-10-16(18-13(3)25-26-14(18)4)12(2)19-20(17)24-21(22)23-19/h5-11H,1-4H3,(H3,22,23,24)/t11-/m0/s1. The average molecular weight is 346 g/mol. The molecule has 4 rings (SSSR count). The summed E-state index contributed by atoms with van der Waals surface area (Å²) in [6, 6.07) is 12.6. The zero-order chi connectivity index (χ0) is 18.4. The Hall–Kier alpha value is -3.08. The summed E-state index contributed by atoms with van der Waals surface area (Å²) in [5.74, 6) is 1.43. The highest BCUT2D eigenvalue weighted by molar-refractivity contribution is 5.92. The molecule has 4 aromatic rings. The third-order valence-corrected chi connectivity index (χ3v) is 5.14. The summed E-state index contributed by atoms with van der Waals surface area (Å²) in [6.07, 6.45) is 0. The zero-order valence-electron chi connectivity index (χ0n) is 15.4. The van der Waals surface area contributed by atoms with Gasteiger partial charge in [-0.25, -0.2) is 4.98 Å². The maximum Gasteiger partial charge on any atom is 0.198 e. The summed E-state index contributed by atoms with van der Waals surface area (Å²) < 4.78 is 5.41. The minimum Gasteiger partial charge on any atom is -0.369 e. The third-order valence-electron chi connectivity index (χ3n) is 5.14. The number of H-pyrrole nitrogens is 1. The average Bonchev–Trinajstić information content (AvgIpc) is 3.19. The summed E-state index contributed by atoms with van der Waals surface area (Å²) in [5, 5.41) is 4.13. The molecule has 0 aliphatic carbocycles. The van der Waals surface area contributed by atoms with Crippen molar-refractivity contribution >= 4 is 17.0 Å². The topological polar surface area (TPSA) is 80.7 Å². The largest absolute Gasteiger partial charge is 0.369 e. The van der Waals surface area contributed by atoms with Gasteiger partial charge in [0.1, 0.15) is 5.76 Å². The van der Waals surface area contributed by atoms with Crippen LogP contribution in [-0.4, -0.2) is 15.1 Å². The van der Waals surface area contributed by atoms with Gasteiger partial charge in [-0.1, -0.05) is 42.4 Å². The number of aryl methyl sites for hydroxylation is 3. The second-order valence-corrected chi connectivity index (χ2v) is 6.82. The van der Waals surface area contributed by atoms with Crippen LogP contribution in [-0.2, 0) is 0 Å². The Bertz CT molecular complexity index is 1070. The highest BCUT2D eigenvalue weighted by Crippen LogP contribution is 2.39. The van der Waals surface area contributed by atoms with E-state index in [2.05, 4.69) is 59.3 Å². The molecule has 1 atom stereocenters. The lowest BCUT2D eigenvalue weighted by Crippen LogP contribution is -2.00. The van der Waals surface area contributed by atoms with Crippen LogP contribution in [0.2, 0.25) is 0 Å². The van der Waals surface area contributed by atoms with E-state index in [9.17, 15) is 0 Å². The predicted molar refractivity (Wildman–Crippen MR) is 104 cm³/mol. The molecule has 0 spiro atoms. The molecule has 0 aliphatic rings. The van der Waals surface area contributed by atoms with Crippen LogP contribution in [0.15, 0.2) is 40.9 Å². The van der Waals surface area contributed by atoms with Gasteiger partial charge in [0.2, 0.25) is 0 Å². The van der Waals surface area contributed by atoms with Crippen LogP contribution in [0.3, 0.4) is 0 Å². The summed E-state index contributed by atoms with van der Waals surface area (Å²) in [6.45, 7) is 8.19. The number of hydrogen-bond donors (Lipinski definition) is 2. The van der Waals surface area contributed by atoms with Crippen molar-refractivity contribution in [1.82, 2.24) is 15.1 Å². The number of imidazole rings is 1. The molecule has 0 saturated heterocycles. The third kappa shape index (κ3) is 2.47. The van der Waals surface area contributed by atoms with Crippen molar-refractivity contribution in [2.75, 3.05) is 5.73 Å². The fourth-order valence-corrected chi connectivity index (χ4v) is 3.72. The quantitative estimate of drug-likeness (QED) is 0.554. The fraction of sp³-hybridized carbons (Fsp3) is 0.238. The number of fused-ring (bicyclic) bond motifs is 1. The molecule has 0 unspecified atom stereocenters. The van der Waals surface area contributed by atoms with Gasteiger partial charge in [-0.2, -0.15) is 0 Å². The highest BCUT2D eigenvalue weighted by Gasteiger charge is 2.22. The highest BCUT2D eigenvalue weighted by atomic mass is 16.5. The van der Waals surface area contributed by atoms with Crippen molar-refractivity contribution in [3.63, 3.8) is 0 Å². The van der Waals surface area contributed by atoms with Crippen LogP contribution in [0.1, 0.15) is 41.0 Å². The predicted octanol–water partition coefficient (Wildman–Crippen LogP) is 4.88. The molecule has 2 aromatic heterocycles. The van der Waals surface area contributed by atoms with Gasteiger partial charge in [-0.05, 0) is 49.1 Å². The zero-order valence-corrected chi connectivity index (χ0v) is 15.4. The second-order valence-electron chi connectivity index (χ2n) is 6.82. The molecule has 0 amide bonds. The number of aromatic amines is 1. The minimum absolute atomic E-state index is 0.182. The molecular weight excluding hydrogens is 324 g/mol. The molecule has 3 N–H and O–H groups in total. The van der Waals surface area contributed by atoms with Gasteiger partial charge in [0.15, 0.2) is 5.95 Å². The molecule has 0 aliphatic heterocycles. The molecular formula is C21H22N4O. The normalized spacial score (nSPS) is 12.6. The minimum atomic E-state index is 0.182. The van der Waals surface area contributed by atoms with Gasteiger partial charge >= 0.3 is 0 Å². The van der Waals surface area contributed by atoms with Gasteiger partial charge in [0.05, 0.1) is 16.7 Å². The van der Waals surface area contributed by atoms with E-state index >= 15 is 0 Å². The number of rotatable bonds is 3. The van der Waals surface area contributed by atoms with Gasteiger partial charge in [-0.15, -0.1) is 0 Å². The Morgan fingerprint density at radius 3 is 2.50 bits per heavy atom. The lowest BCUT2D eigenvalue weighted by atomic mass is 9.87. The number of anilines is 1. The fourth-order valence-electron chi connectivity index (χ4n) is 3.72. The molecule has 0 bridgehead atoms. The van der Waals surface area contributed by atoms with Crippen molar-refractivity contribution in [3.05, 3.63) is 64.5 Å².